The first kappa shape index (κ1) is 18.1. The van der Waals surface area contributed by atoms with Gasteiger partial charge in [0.05, 0.1) is 24.7 Å². The number of anilines is 1. The number of aliphatic hydroxyl groups is 1. The number of amides is 1. The van der Waals surface area contributed by atoms with Crippen LogP contribution in [0, 0.1) is 21.4 Å². The Morgan fingerprint density at radius 1 is 1.43 bits per heavy atom. The Morgan fingerprint density at radius 3 is 2.83 bits per heavy atom. The second kappa shape index (κ2) is 9.88. The minimum atomic E-state index is -0.759. The first-order valence-corrected chi connectivity index (χ1v) is 6.67. The fourth-order valence-electron chi connectivity index (χ4n) is 1.55. The summed E-state index contributed by atoms with van der Waals surface area (Å²) in [5, 5.41) is 33.4. The Kier molecular flexibility index (Phi) is 7.77. The molecule has 0 saturated carbocycles. The van der Waals surface area contributed by atoms with E-state index in [2.05, 4.69) is 10.6 Å². The number of carbonyl (C=O) groups is 1. The van der Waals surface area contributed by atoms with Gasteiger partial charge in [0, 0.05) is 18.8 Å². The van der Waals surface area contributed by atoms with Gasteiger partial charge in [0.25, 0.3) is 11.6 Å². The Bertz CT molecular complexity index is 624. The molecule has 9 nitrogen and oxygen atoms in total. The number of benzene rings is 1. The van der Waals surface area contributed by atoms with Crippen molar-refractivity contribution >= 4 is 17.3 Å². The molecule has 0 radical (unpaired) electrons. The summed E-state index contributed by atoms with van der Waals surface area (Å²) >= 11 is 0. The molecule has 9 heteroatoms. The maximum absolute atomic E-state index is 12.0. The lowest BCUT2D eigenvalue weighted by atomic mass is 10.2. The lowest BCUT2D eigenvalue weighted by Crippen LogP contribution is -2.20. The van der Waals surface area contributed by atoms with E-state index in [0.717, 1.165) is 0 Å². The lowest BCUT2D eigenvalue weighted by Gasteiger charge is -2.06. The average Bonchev–Trinajstić information content (AvgIpc) is 2.54. The molecule has 0 aromatic heterocycles. The number of para-hydroxylation sites is 2. The van der Waals surface area contributed by atoms with Crippen LogP contribution in [-0.2, 0) is 9.53 Å². The molecule has 0 aliphatic carbocycles. The van der Waals surface area contributed by atoms with Gasteiger partial charge in [-0.25, -0.2) is 0 Å². The van der Waals surface area contributed by atoms with Crippen LogP contribution in [0.1, 0.15) is 0 Å². The Labute approximate surface area is 132 Å². The van der Waals surface area contributed by atoms with E-state index in [1.807, 2.05) is 0 Å². The number of nitro groups is 1. The molecule has 0 saturated heterocycles. The molecule has 0 atom stereocenters. The largest absolute Gasteiger partial charge is 0.394 e. The number of nitriles is 1. The van der Waals surface area contributed by atoms with Crippen molar-refractivity contribution in [1.29, 1.82) is 5.26 Å². The second-order valence-electron chi connectivity index (χ2n) is 4.19. The third kappa shape index (κ3) is 6.13. The van der Waals surface area contributed by atoms with E-state index >= 15 is 0 Å². The highest BCUT2D eigenvalue weighted by Crippen LogP contribution is 2.23. The van der Waals surface area contributed by atoms with E-state index in [0.29, 0.717) is 13.2 Å². The van der Waals surface area contributed by atoms with Gasteiger partial charge in [-0.1, -0.05) is 12.1 Å². The number of nitrogens with zero attached hydrogens (tertiary/aromatic N) is 2. The predicted molar refractivity (Wildman–Crippen MR) is 81.3 cm³/mol. The zero-order chi connectivity index (χ0) is 17.1. The summed E-state index contributed by atoms with van der Waals surface area (Å²) in [4.78, 5) is 22.2. The van der Waals surface area contributed by atoms with Gasteiger partial charge in [0.2, 0.25) is 0 Å². The molecular formula is C14H16N4O5. The third-order valence-corrected chi connectivity index (χ3v) is 2.59. The van der Waals surface area contributed by atoms with Crippen molar-refractivity contribution < 1.29 is 19.6 Å². The average molecular weight is 320 g/mol. The van der Waals surface area contributed by atoms with Crippen LogP contribution in [0.4, 0.5) is 11.4 Å². The smallest absolute Gasteiger partial charge is 0.292 e. The van der Waals surface area contributed by atoms with Gasteiger partial charge in [0.15, 0.2) is 0 Å². The Balaban J connectivity index is 2.64. The minimum absolute atomic E-state index is 0.00919. The number of carbonyl (C=O) groups excluding carboxylic acids is 1. The van der Waals surface area contributed by atoms with Crippen molar-refractivity contribution in [3.8, 4) is 6.07 Å². The molecule has 23 heavy (non-hydrogen) atoms. The van der Waals surface area contributed by atoms with Gasteiger partial charge in [0.1, 0.15) is 17.3 Å². The van der Waals surface area contributed by atoms with Crippen LogP contribution in [0.3, 0.4) is 0 Å². The van der Waals surface area contributed by atoms with Gasteiger partial charge >= 0.3 is 0 Å². The molecule has 0 fully saturated rings. The number of nitrogens with one attached hydrogen (secondary N) is 2. The number of rotatable bonds is 9. The summed E-state index contributed by atoms with van der Waals surface area (Å²) in [7, 11) is 0. The molecule has 3 N–H and O–H groups in total. The minimum Gasteiger partial charge on any atom is -0.394 e. The molecular weight excluding hydrogens is 304 g/mol. The van der Waals surface area contributed by atoms with Crippen LogP contribution >= 0.6 is 0 Å². The fourth-order valence-corrected chi connectivity index (χ4v) is 1.55. The molecule has 1 amide bonds. The monoisotopic (exact) mass is 320 g/mol. The molecule has 1 aromatic carbocycles. The quantitative estimate of drug-likeness (QED) is 0.198. The molecule has 0 aliphatic rings. The van der Waals surface area contributed by atoms with Crippen molar-refractivity contribution in [2.75, 3.05) is 31.7 Å². The number of nitro benzene ring substituents is 1. The van der Waals surface area contributed by atoms with E-state index < -0.39 is 10.8 Å². The molecule has 0 unspecified atom stereocenters. The number of hydrogen-bond acceptors (Lipinski definition) is 7. The summed E-state index contributed by atoms with van der Waals surface area (Å²) in [5.41, 5.74) is -0.483. The first-order valence-electron chi connectivity index (χ1n) is 6.67. The molecule has 1 aromatic rings. The lowest BCUT2D eigenvalue weighted by molar-refractivity contribution is -0.383. The zero-order valence-electron chi connectivity index (χ0n) is 12.2. The predicted octanol–water partition coefficient (Wildman–Crippen LogP) is 0.539. The standard InChI is InChI=1S/C14H16N4O5/c15-9-11(10-16-5-7-23-8-6-19)14(20)17-12-3-1-2-4-13(12)18(21)22/h1-4,10,16,19H,5-8H2,(H,17,20)/b11-10-. The topological polar surface area (TPSA) is 138 Å². The van der Waals surface area contributed by atoms with Crippen molar-refractivity contribution in [2.45, 2.75) is 0 Å². The molecule has 0 aliphatic heterocycles. The number of ether oxygens (including phenoxy) is 1. The molecule has 0 bridgehead atoms. The van der Waals surface area contributed by atoms with E-state index in [4.69, 9.17) is 15.1 Å². The Hall–Kier alpha value is -2.96. The summed E-state index contributed by atoms with van der Waals surface area (Å²) in [5.74, 6) is -0.759. The highest BCUT2D eigenvalue weighted by atomic mass is 16.6. The molecule has 0 spiro atoms. The number of hydrogen-bond donors (Lipinski definition) is 3. The number of aliphatic hydroxyl groups excluding tert-OH is 1. The molecule has 1 rings (SSSR count). The summed E-state index contributed by atoms with van der Waals surface area (Å²) in [6.45, 7) is 0.748. The molecule has 122 valence electrons. The maximum Gasteiger partial charge on any atom is 0.292 e. The first-order chi connectivity index (χ1) is 11.1. The van der Waals surface area contributed by atoms with Crippen LogP contribution < -0.4 is 10.6 Å². The third-order valence-electron chi connectivity index (χ3n) is 2.59. The van der Waals surface area contributed by atoms with E-state index in [1.54, 1.807) is 6.07 Å². The van der Waals surface area contributed by atoms with Crippen molar-refractivity contribution in [3.63, 3.8) is 0 Å². The van der Waals surface area contributed by atoms with Crippen molar-refractivity contribution in [1.82, 2.24) is 5.32 Å². The second-order valence-corrected chi connectivity index (χ2v) is 4.19. The van der Waals surface area contributed by atoms with Crippen LogP contribution in [0.25, 0.3) is 0 Å². The van der Waals surface area contributed by atoms with E-state index in [1.165, 1.54) is 30.5 Å². The van der Waals surface area contributed by atoms with Crippen LogP contribution in [0.15, 0.2) is 36.0 Å². The summed E-state index contributed by atoms with van der Waals surface area (Å²) < 4.78 is 5.00. The maximum atomic E-state index is 12.0. The molecule has 0 heterocycles. The Morgan fingerprint density at radius 2 is 2.17 bits per heavy atom. The van der Waals surface area contributed by atoms with Gasteiger partial charge in [-0.15, -0.1) is 0 Å². The fraction of sp³-hybridized carbons (Fsp3) is 0.286. The normalized spacial score (nSPS) is 10.7. The van der Waals surface area contributed by atoms with E-state index in [-0.39, 0.29) is 30.2 Å². The van der Waals surface area contributed by atoms with Crippen molar-refractivity contribution in [2.24, 2.45) is 0 Å². The summed E-state index contributed by atoms with van der Waals surface area (Å²) in [6, 6.07) is 7.35. The zero-order valence-corrected chi connectivity index (χ0v) is 12.2. The summed E-state index contributed by atoms with van der Waals surface area (Å²) in [6.07, 6.45) is 1.20. The van der Waals surface area contributed by atoms with Crippen LogP contribution in [-0.4, -0.2) is 42.3 Å². The van der Waals surface area contributed by atoms with Crippen LogP contribution in [0.5, 0.6) is 0 Å². The highest BCUT2D eigenvalue weighted by Gasteiger charge is 2.16. The van der Waals surface area contributed by atoms with Crippen molar-refractivity contribution in [3.05, 3.63) is 46.2 Å². The van der Waals surface area contributed by atoms with Gasteiger partial charge < -0.3 is 20.5 Å². The van der Waals surface area contributed by atoms with Crippen LogP contribution in [0.2, 0.25) is 0 Å². The van der Waals surface area contributed by atoms with Gasteiger partial charge in [-0.2, -0.15) is 5.26 Å². The highest BCUT2D eigenvalue weighted by molar-refractivity contribution is 6.07. The SMILES string of the molecule is N#C/C(=C/NCCOCCO)C(=O)Nc1ccccc1[N+](=O)[O-]. The van der Waals surface area contributed by atoms with E-state index in [9.17, 15) is 14.9 Å². The van der Waals surface area contributed by atoms with Gasteiger partial charge in [-0.05, 0) is 6.07 Å². The van der Waals surface area contributed by atoms with Gasteiger partial charge in [-0.3, -0.25) is 14.9 Å².